The maximum Gasteiger partial charge on any atom is 0.328 e. The Morgan fingerprint density at radius 1 is 0.818 bits per heavy atom. The van der Waals surface area contributed by atoms with Crippen LogP contribution in [-0.2, 0) is 9.59 Å². The van der Waals surface area contributed by atoms with Crippen LogP contribution >= 0.6 is 0 Å². The van der Waals surface area contributed by atoms with Crippen LogP contribution in [0.5, 0.6) is 5.75 Å². The molecule has 33 heavy (non-hydrogen) atoms. The highest BCUT2D eigenvalue weighted by molar-refractivity contribution is 6.36. The molecule has 1 spiro atoms. The molecule has 1 fully saturated rings. The van der Waals surface area contributed by atoms with E-state index >= 15 is 0 Å². The Balaban J connectivity index is 1.79. The molecule has 3 aromatic rings. The van der Waals surface area contributed by atoms with Gasteiger partial charge in [-0.15, -0.1) is 0 Å². The highest BCUT2D eigenvalue weighted by Crippen LogP contribution is 2.50. The van der Waals surface area contributed by atoms with Crippen LogP contribution in [0, 0.1) is 5.41 Å². The number of hydrazone groups is 1. The Morgan fingerprint density at radius 3 is 1.97 bits per heavy atom. The molecule has 0 aromatic heterocycles. The second kappa shape index (κ2) is 7.90. The van der Waals surface area contributed by atoms with Crippen molar-refractivity contribution in [3.8, 4) is 5.75 Å². The van der Waals surface area contributed by atoms with Gasteiger partial charge in [0, 0.05) is 0 Å². The minimum absolute atomic E-state index is 0.241. The first-order valence-corrected chi connectivity index (χ1v) is 10.4. The molecule has 0 saturated carbocycles. The first-order valence-electron chi connectivity index (χ1n) is 10.4. The van der Waals surface area contributed by atoms with Crippen LogP contribution in [0.4, 0.5) is 10.5 Å². The highest BCUT2D eigenvalue weighted by atomic mass is 16.5. The predicted octanol–water partition coefficient (Wildman–Crippen LogP) is 3.01. The zero-order chi connectivity index (χ0) is 23.0. The number of nitrogens with one attached hydrogen (secondary N) is 2. The van der Waals surface area contributed by atoms with E-state index in [0.717, 1.165) is 0 Å². The third-order valence-corrected chi connectivity index (χ3v) is 5.91. The van der Waals surface area contributed by atoms with Crippen LogP contribution in [0.25, 0.3) is 0 Å². The summed E-state index contributed by atoms with van der Waals surface area (Å²) in [5.74, 6) is -0.824. The molecule has 0 aliphatic carbocycles. The number of para-hydroxylation sites is 1. The second-order valence-electron chi connectivity index (χ2n) is 7.72. The maximum atomic E-state index is 13.6. The predicted molar refractivity (Wildman–Crippen MR) is 122 cm³/mol. The van der Waals surface area contributed by atoms with Gasteiger partial charge in [-0.25, -0.2) is 4.79 Å². The van der Waals surface area contributed by atoms with E-state index in [-0.39, 0.29) is 5.71 Å². The number of carbonyl (C=O) groups is 3. The Labute approximate surface area is 189 Å². The summed E-state index contributed by atoms with van der Waals surface area (Å²) in [6.07, 6.45) is 0. The van der Waals surface area contributed by atoms with Crippen molar-refractivity contribution in [3.05, 3.63) is 96.1 Å². The first kappa shape index (κ1) is 20.4. The Morgan fingerprint density at radius 2 is 1.39 bits per heavy atom. The zero-order valence-electron chi connectivity index (χ0n) is 17.7. The molecule has 1 unspecified atom stereocenters. The molecule has 1 saturated heterocycles. The lowest BCUT2D eigenvalue weighted by Gasteiger charge is -2.38. The molecule has 164 valence electrons. The van der Waals surface area contributed by atoms with E-state index in [1.807, 2.05) is 60.7 Å². The molecule has 8 nitrogen and oxygen atoms in total. The number of rotatable bonds is 4. The number of barbiturate groups is 1. The van der Waals surface area contributed by atoms with Gasteiger partial charge < -0.3 is 4.74 Å². The van der Waals surface area contributed by atoms with Crippen molar-refractivity contribution in [2.75, 3.05) is 12.1 Å². The van der Waals surface area contributed by atoms with Gasteiger partial charge in [0.2, 0.25) is 0 Å². The number of nitrogens with zero attached hydrogens (tertiary/aromatic N) is 2. The van der Waals surface area contributed by atoms with Gasteiger partial charge in [-0.1, -0.05) is 48.5 Å². The summed E-state index contributed by atoms with van der Waals surface area (Å²) in [6.45, 7) is 0. The lowest BCUT2D eigenvalue weighted by atomic mass is 9.69. The third kappa shape index (κ3) is 3.15. The number of benzene rings is 3. The van der Waals surface area contributed by atoms with Crippen molar-refractivity contribution in [2.24, 2.45) is 10.5 Å². The molecule has 5 rings (SSSR count). The molecule has 1 atom stereocenters. The van der Waals surface area contributed by atoms with Gasteiger partial charge in [0.05, 0.1) is 18.5 Å². The number of hydrogen-bond acceptors (Lipinski definition) is 6. The minimum Gasteiger partial charge on any atom is -0.497 e. The summed E-state index contributed by atoms with van der Waals surface area (Å²) in [4.78, 5) is 39.2. The van der Waals surface area contributed by atoms with Gasteiger partial charge in [0.15, 0.2) is 5.41 Å². The van der Waals surface area contributed by atoms with E-state index in [0.29, 0.717) is 22.6 Å². The van der Waals surface area contributed by atoms with Crippen molar-refractivity contribution in [1.29, 1.82) is 0 Å². The van der Waals surface area contributed by atoms with Gasteiger partial charge >= 0.3 is 6.03 Å². The number of ether oxygens (including phenoxy) is 1. The average molecular weight is 440 g/mol. The molecule has 3 aromatic carbocycles. The topological polar surface area (TPSA) is 100 Å². The summed E-state index contributed by atoms with van der Waals surface area (Å²) < 4.78 is 5.25. The van der Waals surface area contributed by atoms with Gasteiger partial charge in [-0.3, -0.25) is 25.2 Å². The van der Waals surface area contributed by atoms with E-state index in [2.05, 4.69) is 10.6 Å². The average Bonchev–Trinajstić information content (AvgIpc) is 3.21. The van der Waals surface area contributed by atoms with E-state index in [9.17, 15) is 14.4 Å². The lowest BCUT2D eigenvalue weighted by Crippen LogP contribution is -2.67. The molecule has 4 amide bonds. The van der Waals surface area contributed by atoms with E-state index in [4.69, 9.17) is 9.84 Å². The van der Waals surface area contributed by atoms with E-state index in [1.54, 1.807) is 36.4 Å². The number of amides is 4. The van der Waals surface area contributed by atoms with Crippen LogP contribution in [-0.4, -0.2) is 30.7 Å². The fourth-order valence-electron chi connectivity index (χ4n) is 4.41. The van der Waals surface area contributed by atoms with Crippen molar-refractivity contribution in [1.82, 2.24) is 10.6 Å². The van der Waals surface area contributed by atoms with Crippen molar-refractivity contribution < 1.29 is 19.1 Å². The maximum absolute atomic E-state index is 13.6. The van der Waals surface area contributed by atoms with Crippen molar-refractivity contribution >= 4 is 29.2 Å². The summed E-state index contributed by atoms with van der Waals surface area (Å²) in [5, 5.41) is 11.1. The molecule has 2 N–H and O–H groups in total. The zero-order valence-corrected chi connectivity index (χ0v) is 17.7. The highest BCUT2D eigenvalue weighted by Gasteiger charge is 2.65. The SMILES string of the molecule is COc1ccc(C2=NN(c3ccccc3)C(c3ccccc3)C23C(=O)NC(=O)NC3=O)cc1. The van der Waals surface area contributed by atoms with Gasteiger partial charge in [0.25, 0.3) is 11.8 Å². The van der Waals surface area contributed by atoms with Gasteiger partial charge in [0.1, 0.15) is 11.8 Å². The van der Waals surface area contributed by atoms with Crippen molar-refractivity contribution in [2.45, 2.75) is 6.04 Å². The van der Waals surface area contributed by atoms with Crippen LogP contribution in [0.1, 0.15) is 17.2 Å². The number of urea groups is 1. The quantitative estimate of drug-likeness (QED) is 0.608. The summed E-state index contributed by atoms with van der Waals surface area (Å²) >= 11 is 0. The summed E-state index contributed by atoms with van der Waals surface area (Å²) in [6, 6.07) is 23.8. The molecular weight excluding hydrogens is 420 g/mol. The van der Waals surface area contributed by atoms with Crippen molar-refractivity contribution in [3.63, 3.8) is 0 Å². The van der Waals surface area contributed by atoms with E-state index in [1.165, 1.54) is 0 Å². The van der Waals surface area contributed by atoms with Crippen LogP contribution in [0.15, 0.2) is 90.0 Å². The van der Waals surface area contributed by atoms with E-state index < -0.39 is 29.3 Å². The molecular formula is C25H20N4O4. The molecule has 8 heteroatoms. The molecule has 2 aliphatic heterocycles. The first-order chi connectivity index (χ1) is 16.1. The second-order valence-corrected chi connectivity index (χ2v) is 7.72. The number of imide groups is 2. The molecule has 2 aliphatic rings. The Hall–Kier alpha value is -4.46. The number of anilines is 1. The number of hydrogen-bond donors (Lipinski definition) is 2. The monoisotopic (exact) mass is 440 g/mol. The Bertz CT molecular complexity index is 1240. The largest absolute Gasteiger partial charge is 0.497 e. The van der Waals surface area contributed by atoms with Crippen LogP contribution in [0.3, 0.4) is 0 Å². The summed E-state index contributed by atoms with van der Waals surface area (Å²) in [5.41, 5.74) is 0.403. The van der Waals surface area contributed by atoms with Gasteiger partial charge in [-0.2, -0.15) is 5.10 Å². The normalized spacial score (nSPS) is 19.2. The lowest BCUT2D eigenvalue weighted by molar-refractivity contribution is -0.140. The summed E-state index contributed by atoms with van der Waals surface area (Å²) in [7, 11) is 1.56. The number of methoxy groups -OCH3 is 1. The fourth-order valence-corrected chi connectivity index (χ4v) is 4.41. The third-order valence-electron chi connectivity index (χ3n) is 5.91. The molecule has 0 bridgehead atoms. The van der Waals surface area contributed by atoms with Crippen LogP contribution < -0.4 is 20.4 Å². The minimum atomic E-state index is -1.81. The van der Waals surface area contributed by atoms with Crippen LogP contribution in [0.2, 0.25) is 0 Å². The Kier molecular flexibility index (Phi) is 4.90. The molecule has 0 radical (unpaired) electrons. The fraction of sp³-hybridized carbons (Fsp3) is 0.120. The van der Waals surface area contributed by atoms with Gasteiger partial charge in [-0.05, 0) is 47.5 Å². The molecule has 2 heterocycles. The number of carbonyl (C=O) groups excluding carboxylic acids is 3. The standard InChI is InChI=1S/C25H20N4O4/c1-33-19-14-12-16(13-15-19)20-25(22(30)26-24(32)27-23(25)31)21(17-8-4-2-5-9-17)29(28-20)18-10-6-3-7-11-18/h2-15,21H,1H3,(H2,26,27,30,31,32). The smallest absolute Gasteiger partial charge is 0.328 e.